The van der Waals surface area contributed by atoms with E-state index < -0.39 is 92.7 Å². The fraction of sp³-hybridized carbons (Fsp3) is 0.867. The van der Waals surface area contributed by atoms with Gasteiger partial charge >= 0.3 is 11.9 Å². The monoisotopic (exact) mass is 861 g/mol. The van der Waals surface area contributed by atoms with Crippen LogP contribution in [-0.4, -0.2) is 142 Å². The molecule has 2 rings (SSSR count). The predicted molar refractivity (Wildman–Crippen MR) is 224 cm³/mol. The smallest absolute Gasteiger partial charge is 0.306 e. The molecular formula is C45H80O15. The number of allylic oxidation sites excluding steroid dienone is 4. The summed E-state index contributed by atoms with van der Waals surface area (Å²) < 4.78 is 33.4. The highest BCUT2D eigenvalue weighted by Gasteiger charge is 2.47. The molecule has 11 unspecified atom stereocenters. The van der Waals surface area contributed by atoms with Gasteiger partial charge in [-0.15, -0.1) is 0 Å². The predicted octanol–water partition coefficient (Wildman–Crippen LogP) is 4.82. The average molecular weight is 861 g/mol. The molecule has 60 heavy (non-hydrogen) atoms. The molecule has 2 fully saturated rings. The Bertz CT molecular complexity index is 1150. The quantitative estimate of drug-likeness (QED) is 0.0261. The van der Waals surface area contributed by atoms with Crippen LogP contribution in [0.3, 0.4) is 0 Å². The van der Waals surface area contributed by atoms with Gasteiger partial charge in [-0.05, 0) is 38.5 Å². The summed E-state index contributed by atoms with van der Waals surface area (Å²) >= 11 is 0. The SMILES string of the molecule is CCC/C=C\C/C=C\CCCCCCCC(=O)OC(COC(=O)CCCCCCCCCCCCC)COC1OC(COC2OC(CO)C(O)C(O)C2O)C(O)C(O)C1O. The molecule has 11 atom stereocenters. The number of esters is 2. The summed E-state index contributed by atoms with van der Waals surface area (Å²) in [5.74, 6) is -0.942. The van der Waals surface area contributed by atoms with Gasteiger partial charge in [-0.3, -0.25) is 9.59 Å². The molecule has 0 aromatic carbocycles. The third-order valence-corrected chi connectivity index (χ3v) is 10.9. The van der Waals surface area contributed by atoms with Gasteiger partial charge < -0.3 is 64.2 Å². The largest absolute Gasteiger partial charge is 0.462 e. The van der Waals surface area contributed by atoms with Crippen molar-refractivity contribution in [2.45, 2.75) is 223 Å². The molecule has 0 spiro atoms. The Hall–Kier alpha value is -2.02. The van der Waals surface area contributed by atoms with Gasteiger partial charge in [0.25, 0.3) is 0 Å². The Morgan fingerprint density at radius 3 is 1.62 bits per heavy atom. The van der Waals surface area contributed by atoms with E-state index in [1.165, 1.54) is 44.9 Å². The van der Waals surface area contributed by atoms with Crippen molar-refractivity contribution in [3.63, 3.8) is 0 Å². The lowest BCUT2D eigenvalue weighted by Gasteiger charge is -2.42. The van der Waals surface area contributed by atoms with Crippen molar-refractivity contribution in [1.29, 1.82) is 0 Å². The zero-order valence-electron chi connectivity index (χ0n) is 36.4. The Morgan fingerprint density at radius 1 is 0.533 bits per heavy atom. The average Bonchev–Trinajstić information content (AvgIpc) is 3.24. The van der Waals surface area contributed by atoms with Crippen molar-refractivity contribution in [3.05, 3.63) is 24.3 Å². The first kappa shape index (κ1) is 54.1. The Labute approximate surface area is 358 Å². The molecule has 2 heterocycles. The molecule has 0 radical (unpaired) electrons. The molecular weight excluding hydrogens is 780 g/mol. The van der Waals surface area contributed by atoms with Gasteiger partial charge in [-0.25, -0.2) is 0 Å². The molecule has 0 saturated carbocycles. The van der Waals surface area contributed by atoms with E-state index in [1.807, 2.05) is 0 Å². The van der Waals surface area contributed by atoms with Gasteiger partial charge in [0.1, 0.15) is 55.4 Å². The maximum absolute atomic E-state index is 12.9. The zero-order chi connectivity index (χ0) is 44.0. The number of hydrogen-bond donors (Lipinski definition) is 7. The van der Waals surface area contributed by atoms with Crippen LogP contribution >= 0.6 is 0 Å². The van der Waals surface area contributed by atoms with E-state index in [0.717, 1.165) is 70.6 Å². The Morgan fingerprint density at radius 2 is 1.03 bits per heavy atom. The number of rotatable bonds is 34. The third kappa shape index (κ3) is 22.4. The fourth-order valence-electron chi connectivity index (χ4n) is 7.08. The van der Waals surface area contributed by atoms with E-state index in [9.17, 15) is 45.3 Å². The van der Waals surface area contributed by atoms with E-state index in [4.69, 9.17) is 28.4 Å². The molecule has 0 bridgehead atoms. The minimum Gasteiger partial charge on any atom is -0.462 e. The fourth-order valence-corrected chi connectivity index (χ4v) is 7.08. The van der Waals surface area contributed by atoms with E-state index in [-0.39, 0.29) is 26.1 Å². The number of ether oxygens (including phenoxy) is 6. The molecule has 2 aliphatic rings. The maximum Gasteiger partial charge on any atom is 0.306 e. The normalized spacial score (nSPS) is 27.8. The summed E-state index contributed by atoms with van der Waals surface area (Å²) in [5, 5.41) is 71.8. The number of unbranched alkanes of at least 4 members (excludes halogenated alkanes) is 16. The van der Waals surface area contributed by atoms with Gasteiger partial charge in [0, 0.05) is 12.8 Å². The lowest BCUT2D eigenvalue weighted by Crippen LogP contribution is -2.61. The van der Waals surface area contributed by atoms with Crippen LogP contribution in [0.15, 0.2) is 24.3 Å². The molecule has 0 aromatic rings. The van der Waals surface area contributed by atoms with Gasteiger partial charge in [0.05, 0.1) is 19.8 Å². The second kappa shape index (κ2) is 33.5. The van der Waals surface area contributed by atoms with E-state index in [1.54, 1.807) is 0 Å². The lowest BCUT2D eigenvalue weighted by molar-refractivity contribution is -0.332. The molecule has 0 aliphatic carbocycles. The number of carbonyl (C=O) groups excluding carboxylic acids is 2. The highest BCUT2D eigenvalue weighted by Crippen LogP contribution is 2.26. The Balaban J connectivity index is 1.87. The molecule has 350 valence electrons. The first-order chi connectivity index (χ1) is 29.0. The van der Waals surface area contributed by atoms with E-state index >= 15 is 0 Å². The first-order valence-electron chi connectivity index (χ1n) is 22.9. The number of carbonyl (C=O) groups is 2. The number of aliphatic hydroxyl groups excluding tert-OH is 7. The van der Waals surface area contributed by atoms with Gasteiger partial charge in [0.15, 0.2) is 18.7 Å². The second-order valence-corrected chi connectivity index (χ2v) is 16.2. The van der Waals surface area contributed by atoms with Crippen molar-refractivity contribution >= 4 is 11.9 Å². The van der Waals surface area contributed by atoms with Crippen LogP contribution in [0.4, 0.5) is 0 Å². The lowest BCUT2D eigenvalue weighted by atomic mass is 9.98. The number of aliphatic hydroxyl groups is 7. The van der Waals surface area contributed by atoms with Gasteiger partial charge in [0.2, 0.25) is 0 Å². The van der Waals surface area contributed by atoms with Crippen molar-refractivity contribution in [3.8, 4) is 0 Å². The van der Waals surface area contributed by atoms with E-state index in [0.29, 0.717) is 12.8 Å². The highest BCUT2D eigenvalue weighted by atomic mass is 16.7. The maximum atomic E-state index is 12.9. The third-order valence-electron chi connectivity index (χ3n) is 10.9. The number of hydrogen-bond acceptors (Lipinski definition) is 15. The minimum absolute atomic E-state index is 0.151. The van der Waals surface area contributed by atoms with Gasteiger partial charge in [-0.2, -0.15) is 0 Å². The molecule has 15 heteroatoms. The summed E-state index contributed by atoms with van der Waals surface area (Å²) in [6.45, 7) is 2.48. The summed E-state index contributed by atoms with van der Waals surface area (Å²) in [7, 11) is 0. The van der Waals surface area contributed by atoms with Gasteiger partial charge in [-0.1, -0.05) is 128 Å². The standard InChI is InChI=1S/C45H80O15/c1-3-5-7-9-11-13-15-16-18-20-22-24-26-28-37(48)58-33(30-55-36(47)27-25-23-21-19-17-14-12-10-8-6-4-2)31-56-44-43(54)41(52)39(50)35(60-44)32-57-45-42(53)40(51)38(49)34(29-46)59-45/h7,9,13,15,33-35,38-46,49-54H,3-6,8,10-12,14,16-32H2,1-2H3/b9-7-,15-13-. The summed E-state index contributed by atoms with van der Waals surface area (Å²) in [4.78, 5) is 25.6. The topological polar surface area (TPSA) is 231 Å². The Kier molecular flexibility index (Phi) is 30.2. The van der Waals surface area contributed by atoms with Crippen LogP contribution in [0.2, 0.25) is 0 Å². The van der Waals surface area contributed by atoms with Crippen LogP contribution in [0.5, 0.6) is 0 Å². The molecule has 7 N–H and O–H groups in total. The minimum atomic E-state index is -1.76. The van der Waals surface area contributed by atoms with Crippen molar-refractivity contribution < 1.29 is 73.8 Å². The highest BCUT2D eigenvalue weighted by molar-refractivity contribution is 5.70. The first-order valence-corrected chi connectivity index (χ1v) is 22.9. The summed E-state index contributed by atoms with van der Waals surface area (Å²) in [6.07, 6.45) is 13.7. The van der Waals surface area contributed by atoms with Crippen LogP contribution in [0.25, 0.3) is 0 Å². The second-order valence-electron chi connectivity index (χ2n) is 16.2. The zero-order valence-corrected chi connectivity index (χ0v) is 36.4. The molecule has 0 aromatic heterocycles. The molecule has 0 amide bonds. The molecule has 15 nitrogen and oxygen atoms in total. The van der Waals surface area contributed by atoms with Crippen LogP contribution < -0.4 is 0 Å². The summed E-state index contributed by atoms with van der Waals surface area (Å²) in [6, 6.07) is 0. The van der Waals surface area contributed by atoms with Crippen molar-refractivity contribution in [1.82, 2.24) is 0 Å². The van der Waals surface area contributed by atoms with E-state index in [2.05, 4.69) is 38.2 Å². The van der Waals surface area contributed by atoms with Crippen molar-refractivity contribution in [2.75, 3.05) is 26.4 Å². The van der Waals surface area contributed by atoms with Crippen LogP contribution in [0, 0.1) is 0 Å². The van der Waals surface area contributed by atoms with Crippen molar-refractivity contribution in [2.24, 2.45) is 0 Å². The molecule has 2 aliphatic heterocycles. The molecule has 2 saturated heterocycles. The van der Waals surface area contributed by atoms with Crippen LogP contribution in [-0.2, 0) is 38.0 Å². The summed E-state index contributed by atoms with van der Waals surface area (Å²) in [5.41, 5.74) is 0. The van der Waals surface area contributed by atoms with Crippen LogP contribution in [0.1, 0.15) is 155 Å².